The van der Waals surface area contributed by atoms with E-state index in [-0.39, 0.29) is 6.61 Å². The van der Waals surface area contributed by atoms with Crippen molar-refractivity contribution in [3.05, 3.63) is 29.8 Å². The summed E-state index contributed by atoms with van der Waals surface area (Å²) < 4.78 is 25.8. The van der Waals surface area contributed by atoms with E-state index < -0.39 is 16.2 Å². The maximum Gasteiger partial charge on any atom is 0.264 e. The summed E-state index contributed by atoms with van der Waals surface area (Å²) in [4.78, 5) is 0. The minimum absolute atomic E-state index is 0.303. The zero-order valence-corrected chi connectivity index (χ0v) is 9.07. The Morgan fingerprint density at radius 2 is 2.20 bits per heavy atom. The monoisotopic (exact) mass is 231 g/mol. The molecule has 0 spiro atoms. The number of hydrogen-bond acceptors (Lipinski definition) is 5. The quantitative estimate of drug-likeness (QED) is 0.573. The molecular formula is C9H13NO4S. The predicted octanol–water partition coefficient (Wildman–Crippen LogP) is 0.278. The van der Waals surface area contributed by atoms with Gasteiger partial charge in [-0.3, -0.25) is 4.18 Å². The number of aliphatic hydroxyl groups excluding tert-OH is 1. The van der Waals surface area contributed by atoms with E-state index in [0.717, 1.165) is 6.26 Å². The zero-order valence-electron chi connectivity index (χ0n) is 8.25. The standard InChI is InChI=1S/C9H13NO4S/c1-15(12,13)14-6-9(11)7-3-2-4-8(10)5-7/h2-5,9,11H,6,10H2,1H3. The third-order valence-electron chi connectivity index (χ3n) is 1.74. The first-order chi connectivity index (χ1) is 6.88. The highest BCUT2D eigenvalue weighted by Crippen LogP contribution is 2.16. The molecule has 1 aromatic carbocycles. The van der Waals surface area contributed by atoms with Crippen molar-refractivity contribution in [1.29, 1.82) is 0 Å². The molecule has 84 valence electrons. The van der Waals surface area contributed by atoms with E-state index in [2.05, 4.69) is 4.18 Å². The van der Waals surface area contributed by atoms with Crippen molar-refractivity contribution in [2.45, 2.75) is 6.10 Å². The van der Waals surface area contributed by atoms with Crippen molar-refractivity contribution in [2.75, 3.05) is 18.6 Å². The van der Waals surface area contributed by atoms with Gasteiger partial charge in [0.05, 0.1) is 12.9 Å². The molecule has 5 nitrogen and oxygen atoms in total. The van der Waals surface area contributed by atoms with Gasteiger partial charge in [0, 0.05) is 5.69 Å². The summed E-state index contributed by atoms with van der Waals surface area (Å²) >= 11 is 0. The molecular weight excluding hydrogens is 218 g/mol. The van der Waals surface area contributed by atoms with E-state index >= 15 is 0 Å². The van der Waals surface area contributed by atoms with Gasteiger partial charge < -0.3 is 10.8 Å². The Bertz CT molecular complexity index is 429. The molecule has 0 bridgehead atoms. The van der Waals surface area contributed by atoms with E-state index in [1.54, 1.807) is 24.3 Å². The lowest BCUT2D eigenvalue weighted by atomic mass is 10.1. The zero-order chi connectivity index (χ0) is 11.5. The lowest BCUT2D eigenvalue weighted by molar-refractivity contribution is 0.112. The van der Waals surface area contributed by atoms with Gasteiger partial charge in [-0.05, 0) is 17.7 Å². The third kappa shape index (κ3) is 4.28. The summed E-state index contributed by atoms with van der Waals surface area (Å²) in [6, 6.07) is 6.56. The van der Waals surface area contributed by atoms with Crippen molar-refractivity contribution < 1.29 is 17.7 Å². The van der Waals surface area contributed by atoms with Crippen LogP contribution in [0.5, 0.6) is 0 Å². The van der Waals surface area contributed by atoms with Crippen molar-refractivity contribution in [1.82, 2.24) is 0 Å². The second-order valence-electron chi connectivity index (χ2n) is 3.17. The molecule has 1 rings (SSSR count). The van der Waals surface area contributed by atoms with E-state index in [9.17, 15) is 13.5 Å². The molecule has 15 heavy (non-hydrogen) atoms. The smallest absolute Gasteiger partial charge is 0.264 e. The van der Waals surface area contributed by atoms with Crippen LogP contribution >= 0.6 is 0 Å². The van der Waals surface area contributed by atoms with Crippen LogP contribution in [0.15, 0.2) is 24.3 Å². The van der Waals surface area contributed by atoms with Crippen molar-refractivity contribution in [3.8, 4) is 0 Å². The molecule has 1 atom stereocenters. The van der Waals surface area contributed by atoms with Crippen LogP contribution in [0, 0.1) is 0 Å². The molecule has 0 heterocycles. The Balaban J connectivity index is 2.65. The Hall–Kier alpha value is -1.11. The molecule has 0 amide bonds. The second kappa shape index (κ2) is 4.61. The van der Waals surface area contributed by atoms with Gasteiger partial charge in [0.1, 0.15) is 6.10 Å². The maximum absolute atomic E-state index is 10.7. The molecule has 6 heteroatoms. The molecule has 0 saturated carbocycles. The number of hydrogen-bond donors (Lipinski definition) is 2. The summed E-state index contributed by atoms with van der Waals surface area (Å²) in [5.41, 5.74) is 6.54. The van der Waals surface area contributed by atoms with Crippen LogP contribution in [0.2, 0.25) is 0 Å². The Morgan fingerprint density at radius 1 is 1.53 bits per heavy atom. The fraction of sp³-hybridized carbons (Fsp3) is 0.333. The van der Waals surface area contributed by atoms with E-state index in [4.69, 9.17) is 5.73 Å². The van der Waals surface area contributed by atoms with Crippen molar-refractivity contribution in [3.63, 3.8) is 0 Å². The molecule has 0 aromatic heterocycles. The van der Waals surface area contributed by atoms with E-state index in [0.29, 0.717) is 11.3 Å². The predicted molar refractivity (Wildman–Crippen MR) is 56.6 cm³/mol. The van der Waals surface area contributed by atoms with Crippen LogP contribution in [0.3, 0.4) is 0 Å². The number of nitrogen functional groups attached to an aromatic ring is 1. The Labute approximate surface area is 88.6 Å². The van der Waals surface area contributed by atoms with Crippen LogP contribution in [-0.4, -0.2) is 26.4 Å². The fourth-order valence-electron chi connectivity index (χ4n) is 1.05. The summed E-state index contributed by atoms with van der Waals surface area (Å²) in [5.74, 6) is 0. The second-order valence-corrected chi connectivity index (χ2v) is 4.82. The van der Waals surface area contributed by atoms with Crippen LogP contribution in [-0.2, 0) is 14.3 Å². The number of aliphatic hydroxyl groups is 1. The van der Waals surface area contributed by atoms with Crippen molar-refractivity contribution in [2.24, 2.45) is 0 Å². The molecule has 0 aliphatic carbocycles. The average molecular weight is 231 g/mol. The van der Waals surface area contributed by atoms with Crippen LogP contribution in [0.25, 0.3) is 0 Å². The third-order valence-corrected chi connectivity index (χ3v) is 2.30. The Morgan fingerprint density at radius 3 is 2.73 bits per heavy atom. The summed E-state index contributed by atoms with van der Waals surface area (Å²) in [6.07, 6.45) is -0.0674. The largest absolute Gasteiger partial charge is 0.399 e. The summed E-state index contributed by atoms with van der Waals surface area (Å²) in [7, 11) is -3.53. The molecule has 1 aromatic rings. The van der Waals surface area contributed by atoms with Gasteiger partial charge in [-0.25, -0.2) is 0 Å². The molecule has 0 radical (unpaired) electrons. The first-order valence-corrected chi connectivity index (χ1v) is 6.08. The highest BCUT2D eigenvalue weighted by Gasteiger charge is 2.11. The number of anilines is 1. The molecule has 3 N–H and O–H groups in total. The lowest BCUT2D eigenvalue weighted by Gasteiger charge is -2.10. The van der Waals surface area contributed by atoms with Gasteiger partial charge in [0.2, 0.25) is 0 Å². The molecule has 0 aliphatic heterocycles. The normalized spacial score (nSPS) is 13.7. The van der Waals surface area contributed by atoms with Gasteiger partial charge in [-0.15, -0.1) is 0 Å². The minimum atomic E-state index is -3.53. The van der Waals surface area contributed by atoms with Gasteiger partial charge >= 0.3 is 0 Å². The Kier molecular flexibility index (Phi) is 3.67. The van der Waals surface area contributed by atoms with E-state index in [1.807, 2.05) is 0 Å². The van der Waals surface area contributed by atoms with E-state index in [1.165, 1.54) is 0 Å². The number of rotatable bonds is 4. The number of nitrogens with two attached hydrogens (primary N) is 1. The van der Waals surface area contributed by atoms with Gasteiger partial charge in [0.25, 0.3) is 10.1 Å². The minimum Gasteiger partial charge on any atom is -0.399 e. The molecule has 0 saturated heterocycles. The van der Waals surface area contributed by atoms with Crippen LogP contribution in [0.4, 0.5) is 5.69 Å². The SMILES string of the molecule is CS(=O)(=O)OCC(O)c1cccc(N)c1. The average Bonchev–Trinajstić information content (AvgIpc) is 2.13. The van der Waals surface area contributed by atoms with Crippen molar-refractivity contribution >= 4 is 15.8 Å². The molecule has 0 fully saturated rings. The lowest BCUT2D eigenvalue weighted by Crippen LogP contribution is -2.11. The fourth-order valence-corrected chi connectivity index (χ4v) is 1.43. The number of benzene rings is 1. The van der Waals surface area contributed by atoms with Crippen LogP contribution in [0.1, 0.15) is 11.7 Å². The van der Waals surface area contributed by atoms with Crippen LogP contribution < -0.4 is 5.73 Å². The van der Waals surface area contributed by atoms with Gasteiger partial charge in [-0.2, -0.15) is 8.42 Å². The highest BCUT2D eigenvalue weighted by molar-refractivity contribution is 7.85. The first kappa shape index (κ1) is 12.0. The topological polar surface area (TPSA) is 89.6 Å². The summed E-state index contributed by atoms with van der Waals surface area (Å²) in [5, 5.41) is 9.56. The summed E-state index contributed by atoms with van der Waals surface area (Å²) in [6.45, 7) is -0.303. The van der Waals surface area contributed by atoms with Gasteiger partial charge in [-0.1, -0.05) is 12.1 Å². The molecule has 1 unspecified atom stereocenters. The maximum atomic E-state index is 10.7. The first-order valence-electron chi connectivity index (χ1n) is 4.26. The van der Waals surface area contributed by atoms with Gasteiger partial charge in [0.15, 0.2) is 0 Å². The highest BCUT2D eigenvalue weighted by atomic mass is 32.2. The molecule has 0 aliphatic rings.